The Morgan fingerprint density at radius 1 is 1.37 bits per heavy atom. The number of aliphatic hydroxyl groups is 3. The highest BCUT2D eigenvalue weighted by Crippen LogP contribution is 2.17. The van der Waals surface area contributed by atoms with Crippen LogP contribution in [0.25, 0.3) is 11.2 Å². The van der Waals surface area contributed by atoms with E-state index in [4.69, 9.17) is 10.8 Å². The second-order valence-electron chi connectivity index (χ2n) is 3.94. The number of aromatic amines is 1. The highest BCUT2D eigenvalue weighted by molar-refractivity contribution is 5.69. The number of H-pyrrole nitrogens is 1. The highest BCUT2D eigenvalue weighted by atomic mass is 16.3. The van der Waals surface area contributed by atoms with Gasteiger partial charge in [0.05, 0.1) is 18.0 Å². The first-order valence-electron chi connectivity index (χ1n) is 5.52. The van der Waals surface area contributed by atoms with Crippen LogP contribution in [-0.4, -0.2) is 48.0 Å². The number of hydrogen-bond acceptors (Lipinski definition) is 8. The van der Waals surface area contributed by atoms with Gasteiger partial charge in [-0.3, -0.25) is 9.78 Å². The fourth-order valence-electron chi connectivity index (χ4n) is 1.58. The fraction of sp³-hybridized carbons (Fsp3) is 0.400. The average molecular weight is 267 g/mol. The number of nitrogens with one attached hydrogen (secondary N) is 1. The first-order valence-corrected chi connectivity index (χ1v) is 5.52. The molecule has 0 amide bonds. The molecule has 0 aliphatic heterocycles. The zero-order valence-electron chi connectivity index (χ0n) is 9.82. The molecule has 102 valence electrons. The molecule has 0 bridgehead atoms. The quantitative estimate of drug-likeness (QED) is 0.428. The summed E-state index contributed by atoms with van der Waals surface area (Å²) in [4.78, 5) is 25.4. The van der Waals surface area contributed by atoms with Gasteiger partial charge in [0.2, 0.25) is 5.95 Å². The van der Waals surface area contributed by atoms with Crippen LogP contribution in [0.5, 0.6) is 0 Å². The van der Waals surface area contributed by atoms with Crippen LogP contribution >= 0.6 is 0 Å². The van der Waals surface area contributed by atoms with Crippen LogP contribution in [0.4, 0.5) is 5.95 Å². The number of anilines is 1. The number of nitrogens with two attached hydrogens (primary N) is 1. The van der Waals surface area contributed by atoms with Gasteiger partial charge in [0.25, 0.3) is 5.56 Å². The number of aliphatic hydroxyl groups excluding tert-OH is 3. The molecule has 9 nitrogen and oxygen atoms in total. The van der Waals surface area contributed by atoms with Crippen LogP contribution in [0.15, 0.2) is 11.0 Å². The summed E-state index contributed by atoms with van der Waals surface area (Å²) in [6.07, 6.45) is -1.37. The van der Waals surface area contributed by atoms with Crippen LogP contribution in [0.2, 0.25) is 0 Å². The van der Waals surface area contributed by atoms with Crippen LogP contribution in [0.1, 0.15) is 18.2 Å². The number of fused-ring (bicyclic) bond motifs is 1. The first kappa shape index (κ1) is 13.3. The van der Waals surface area contributed by atoms with Gasteiger partial charge < -0.3 is 21.1 Å². The van der Waals surface area contributed by atoms with Crippen LogP contribution in [0.3, 0.4) is 0 Å². The van der Waals surface area contributed by atoms with Gasteiger partial charge in [-0.15, -0.1) is 0 Å². The molecule has 0 saturated carbocycles. The third-order valence-corrected chi connectivity index (χ3v) is 2.55. The molecule has 6 N–H and O–H groups in total. The number of nitrogen functional groups attached to an aromatic ring is 1. The van der Waals surface area contributed by atoms with Gasteiger partial charge in [0, 0.05) is 6.61 Å². The third kappa shape index (κ3) is 2.67. The predicted octanol–water partition coefficient (Wildman–Crippen LogP) is -1.93. The predicted molar refractivity (Wildman–Crippen MR) is 65.0 cm³/mol. The SMILES string of the molecule is Nc1nc2ncc(C(O)C(O)CCO)nc2c(=O)[nH]1. The molecule has 2 rings (SSSR count). The van der Waals surface area contributed by atoms with Crippen molar-refractivity contribution in [2.75, 3.05) is 12.3 Å². The van der Waals surface area contributed by atoms with E-state index in [-0.39, 0.29) is 35.8 Å². The van der Waals surface area contributed by atoms with Crippen molar-refractivity contribution in [2.45, 2.75) is 18.6 Å². The molecule has 0 spiro atoms. The zero-order valence-corrected chi connectivity index (χ0v) is 9.82. The molecule has 2 aromatic rings. The molecule has 19 heavy (non-hydrogen) atoms. The Bertz CT molecular complexity index is 643. The van der Waals surface area contributed by atoms with Crippen molar-refractivity contribution in [2.24, 2.45) is 0 Å². The summed E-state index contributed by atoms with van der Waals surface area (Å²) in [6, 6.07) is 0. The van der Waals surface area contributed by atoms with Gasteiger partial charge in [-0.2, -0.15) is 4.98 Å². The molecule has 0 aliphatic rings. The van der Waals surface area contributed by atoms with Crippen LogP contribution in [0, 0.1) is 0 Å². The Morgan fingerprint density at radius 2 is 2.11 bits per heavy atom. The normalized spacial score (nSPS) is 14.5. The number of aromatic nitrogens is 4. The van der Waals surface area contributed by atoms with Gasteiger partial charge in [-0.05, 0) is 6.42 Å². The molecule has 2 heterocycles. The Morgan fingerprint density at radius 3 is 2.79 bits per heavy atom. The third-order valence-electron chi connectivity index (χ3n) is 2.55. The minimum atomic E-state index is -1.35. The Kier molecular flexibility index (Phi) is 3.69. The lowest BCUT2D eigenvalue weighted by molar-refractivity contribution is 0.00189. The van der Waals surface area contributed by atoms with Crippen molar-refractivity contribution in [3.63, 3.8) is 0 Å². The van der Waals surface area contributed by atoms with E-state index < -0.39 is 17.8 Å². The standard InChI is InChI=1S/C10H13N5O4/c11-10-14-8-6(9(19)15-10)13-4(3-12-8)7(18)5(17)1-2-16/h3,5,7,16-18H,1-2H2,(H3,11,12,14,15,19). The summed E-state index contributed by atoms with van der Waals surface area (Å²) in [5, 5.41) is 28.1. The zero-order chi connectivity index (χ0) is 14.0. The summed E-state index contributed by atoms with van der Waals surface area (Å²) in [7, 11) is 0. The maximum absolute atomic E-state index is 11.6. The summed E-state index contributed by atoms with van der Waals surface area (Å²) < 4.78 is 0. The van der Waals surface area contributed by atoms with E-state index in [1.807, 2.05) is 0 Å². The molecule has 0 saturated heterocycles. The second kappa shape index (κ2) is 5.26. The Labute approximate surface area is 106 Å². The first-order chi connectivity index (χ1) is 9.02. The van der Waals surface area contributed by atoms with Gasteiger partial charge >= 0.3 is 0 Å². The summed E-state index contributed by atoms with van der Waals surface area (Å²) >= 11 is 0. The highest BCUT2D eigenvalue weighted by Gasteiger charge is 2.20. The molecule has 9 heteroatoms. The van der Waals surface area contributed by atoms with Crippen LogP contribution < -0.4 is 11.3 Å². The lowest BCUT2D eigenvalue weighted by Crippen LogP contribution is -2.22. The summed E-state index contributed by atoms with van der Waals surface area (Å²) in [5.74, 6) is -0.0830. The topological polar surface area (TPSA) is 158 Å². The minimum Gasteiger partial charge on any atom is -0.396 e. The maximum Gasteiger partial charge on any atom is 0.280 e. The van der Waals surface area contributed by atoms with Crippen molar-refractivity contribution in [3.8, 4) is 0 Å². The fourth-order valence-corrected chi connectivity index (χ4v) is 1.58. The molecule has 2 atom stereocenters. The Balaban J connectivity index is 2.44. The van der Waals surface area contributed by atoms with E-state index >= 15 is 0 Å². The molecule has 2 unspecified atom stereocenters. The average Bonchev–Trinajstić information content (AvgIpc) is 2.37. The van der Waals surface area contributed by atoms with Crippen molar-refractivity contribution in [1.29, 1.82) is 0 Å². The molecule has 0 fully saturated rings. The number of hydrogen-bond donors (Lipinski definition) is 5. The molecular formula is C10H13N5O4. The molecule has 0 radical (unpaired) electrons. The van der Waals surface area contributed by atoms with E-state index in [1.54, 1.807) is 0 Å². The number of nitrogens with zero attached hydrogens (tertiary/aromatic N) is 3. The lowest BCUT2D eigenvalue weighted by Gasteiger charge is -2.15. The van der Waals surface area contributed by atoms with Gasteiger partial charge in [0.15, 0.2) is 11.2 Å². The van der Waals surface area contributed by atoms with E-state index in [2.05, 4.69) is 19.9 Å². The van der Waals surface area contributed by atoms with E-state index in [0.29, 0.717) is 0 Å². The monoisotopic (exact) mass is 267 g/mol. The van der Waals surface area contributed by atoms with Gasteiger partial charge in [-0.1, -0.05) is 0 Å². The van der Waals surface area contributed by atoms with Crippen LogP contribution in [-0.2, 0) is 0 Å². The molecule has 2 aromatic heterocycles. The lowest BCUT2D eigenvalue weighted by atomic mass is 10.1. The summed E-state index contributed by atoms with van der Waals surface area (Å²) in [6.45, 7) is -0.280. The van der Waals surface area contributed by atoms with Crippen molar-refractivity contribution in [3.05, 3.63) is 22.2 Å². The van der Waals surface area contributed by atoms with Crippen molar-refractivity contribution < 1.29 is 15.3 Å². The van der Waals surface area contributed by atoms with Gasteiger partial charge in [-0.25, -0.2) is 9.97 Å². The largest absolute Gasteiger partial charge is 0.396 e. The summed E-state index contributed by atoms with van der Waals surface area (Å²) in [5.41, 5.74) is 4.76. The minimum absolute atomic E-state index is 0.0166. The maximum atomic E-state index is 11.6. The smallest absolute Gasteiger partial charge is 0.280 e. The molecular weight excluding hydrogens is 254 g/mol. The van der Waals surface area contributed by atoms with Gasteiger partial charge in [0.1, 0.15) is 6.10 Å². The van der Waals surface area contributed by atoms with Crippen molar-refractivity contribution in [1.82, 2.24) is 19.9 Å². The molecule has 0 aromatic carbocycles. The second-order valence-corrected chi connectivity index (χ2v) is 3.94. The van der Waals surface area contributed by atoms with E-state index in [1.165, 1.54) is 6.20 Å². The van der Waals surface area contributed by atoms with E-state index in [9.17, 15) is 15.0 Å². The van der Waals surface area contributed by atoms with E-state index in [0.717, 1.165) is 0 Å². The van der Waals surface area contributed by atoms with Crippen molar-refractivity contribution >= 4 is 17.1 Å². The number of rotatable bonds is 4. The Hall–Kier alpha value is -2.10. The molecule has 0 aliphatic carbocycles.